The minimum absolute atomic E-state index is 0.216. The van der Waals surface area contributed by atoms with E-state index in [2.05, 4.69) is 17.6 Å². The van der Waals surface area contributed by atoms with Crippen molar-refractivity contribution in [2.75, 3.05) is 6.54 Å². The smallest absolute Gasteiger partial charge is 0.220 e. The van der Waals surface area contributed by atoms with E-state index in [0.717, 1.165) is 18.9 Å². The molecule has 1 amide bonds. The zero-order valence-corrected chi connectivity index (χ0v) is 8.88. The largest absolute Gasteiger partial charge is 0.352 e. The average Bonchev–Trinajstić information content (AvgIpc) is 2.45. The van der Waals surface area contributed by atoms with Crippen molar-refractivity contribution >= 4 is 5.91 Å². The topological polar surface area (TPSA) is 41.1 Å². The predicted octanol–water partition coefficient (Wildman–Crippen LogP) is 1.04. The first kappa shape index (κ1) is 9.97. The lowest BCUT2D eigenvalue weighted by atomic mass is 9.80. The van der Waals surface area contributed by atoms with Gasteiger partial charge >= 0.3 is 0 Å². The standard InChI is InChI=1S/C11H20N2O/c1-8(9-3-2-4-9)12-7-10-5-6-11(14)13-10/h8-10,12H,2-7H2,1H3,(H,13,14). The van der Waals surface area contributed by atoms with Gasteiger partial charge in [-0.15, -0.1) is 0 Å². The summed E-state index contributed by atoms with van der Waals surface area (Å²) in [7, 11) is 0. The van der Waals surface area contributed by atoms with Crippen molar-refractivity contribution in [3.63, 3.8) is 0 Å². The molecule has 2 rings (SSSR count). The second kappa shape index (κ2) is 4.30. The fourth-order valence-electron chi connectivity index (χ4n) is 2.27. The molecule has 0 aromatic rings. The van der Waals surface area contributed by atoms with Crippen molar-refractivity contribution in [1.29, 1.82) is 0 Å². The Kier molecular flexibility index (Phi) is 3.06. The fraction of sp³-hybridized carbons (Fsp3) is 0.909. The summed E-state index contributed by atoms with van der Waals surface area (Å²) in [6.45, 7) is 3.21. The predicted molar refractivity (Wildman–Crippen MR) is 56.0 cm³/mol. The van der Waals surface area contributed by atoms with Crippen LogP contribution in [0.5, 0.6) is 0 Å². The van der Waals surface area contributed by atoms with Crippen LogP contribution >= 0.6 is 0 Å². The van der Waals surface area contributed by atoms with Gasteiger partial charge in [0.05, 0.1) is 0 Å². The van der Waals surface area contributed by atoms with Crippen molar-refractivity contribution < 1.29 is 4.79 Å². The number of rotatable bonds is 4. The number of carbonyl (C=O) groups is 1. The van der Waals surface area contributed by atoms with E-state index < -0.39 is 0 Å². The summed E-state index contributed by atoms with van der Waals surface area (Å²) in [4.78, 5) is 11.0. The highest BCUT2D eigenvalue weighted by atomic mass is 16.1. The lowest BCUT2D eigenvalue weighted by Crippen LogP contribution is -2.43. The molecule has 0 aromatic carbocycles. The van der Waals surface area contributed by atoms with Gasteiger partial charge < -0.3 is 10.6 Å². The SMILES string of the molecule is CC(NCC1CCC(=O)N1)C1CCC1. The van der Waals surface area contributed by atoms with Crippen LogP contribution in [0.3, 0.4) is 0 Å². The average molecular weight is 196 g/mol. The van der Waals surface area contributed by atoms with Crippen LogP contribution in [-0.2, 0) is 4.79 Å². The molecule has 2 aliphatic rings. The van der Waals surface area contributed by atoms with Crippen LogP contribution in [0.15, 0.2) is 0 Å². The van der Waals surface area contributed by atoms with Gasteiger partial charge in [0.1, 0.15) is 0 Å². The van der Waals surface area contributed by atoms with Gasteiger partial charge in [0, 0.05) is 25.0 Å². The Morgan fingerprint density at radius 2 is 2.29 bits per heavy atom. The second-order valence-electron chi connectivity index (χ2n) is 4.69. The maximum atomic E-state index is 11.0. The Balaban J connectivity index is 1.63. The summed E-state index contributed by atoms with van der Waals surface area (Å²) in [6.07, 6.45) is 5.88. The number of hydrogen-bond donors (Lipinski definition) is 2. The summed E-state index contributed by atoms with van der Waals surface area (Å²) in [5.74, 6) is 1.10. The molecule has 14 heavy (non-hydrogen) atoms. The van der Waals surface area contributed by atoms with Gasteiger partial charge in [-0.2, -0.15) is 0 Å². The van der Waals surface area contributed by atoms with Gasteiger partial charge in [-0.25, -0.2) is 0 Å². The maximum Gasteiger partial charge on any atom is 0.220 e. The lowest BCUT2D eigenvalue weighted by Gasteiger charge is -2.32. The third-order valence-electron chi connectivity index (χ3n) is 3.63. The van der Waals surface area contributed by atoms with E-state index in [0.29, 0.717) is 18.5 Å². The summed E-state index contributed by atoms with van der Waals surface area (Å²) < 4.78 is 0. The maximum absolute atomic E-state index is 11.0. The Morgan fingerprint density at radius 1 is 1.50 bits per heavy atom. The molecule has 0 aromatic heterocycles. The summed E-state index contributed by atoms with van der Waals surface area (Å²) in [6, 6.07) is 1.01. The molecule has 0 radical (unpaired) electrons. The highest BCUT2D eigenvalue weighted by Gasteiger charge is 2.25. The van der Waals surface area contributed by atoms with E-state index in [1.54, 1.807) is 0 Å². The quantitative estimate of drug-likeness (QED) is 0.705. The first-order valence-electron chi connectivity index (χ1n) is 5.78. The van der Waals surface area contributed by atoms with Gasteiger partial charge in [0.25, 0.3) is 0 Å². The van der Waals surface area contributed by atoms with Crippen LogP contribution < -0.4 is 10.6 Å². The van der Waals surface area contributed by atoms with Crippen molar-refractivity contribution in [3.05, 3.63) is 0 Å². The number of nitrogens with one attached hydrogen (secondary N) is 2. The normalized spacial score (nSPS) is 29.8. The minimum atomic E-state index is 0.216. The zero-order chi connectivity index (χ0) is 9.97. The van der Waals surface area contributed by atoms with Crippen LogP contribution in [0.2, 0.25) is 0 Å². The first-order chi connectivity index (χ1) is 6.75. The third kappa shape index (κ3) is 2.27. The molecule has 3 nitrogen and oxygen atoms in total. The number of carbonyl (C=O) groups excluding carboxylic acids is 1. The van der Waals surface area contributed by atoms with E-state index in [9.17, 15) is 4.79 Å². The molecule has 2 unspecified atom stereocenters. The zero-order valence-electron chi connectivity index (χ0n) is 8.88. The summed E-state index contributed by atoms with van der Waals surface area (Å²) >= 11 is 0. The molecule has 1 heterocycles. The molecule has 3 heteroatoms. The highest BCUT2D eigenvalue weighted by Crippen LogP contribution is 2.29. The number of amides is 1. The first-order valence-corrected chi connectivity index (χ1v) is 5.78. The molecule has 1 aliphatic heterocycles. The molecule has 2 N–H and O–H groups in total. The molecule has 80 valence electrons. The Hall–Kier alpha value is -0.570. The molecule has 2 atom stereocenters. The lowest BCUT2D eigenvalue weighted by molar-refractivity contribution is -0.119. The number of hydrogen-bond acceptors (Lipinski definition) is 2. The monoisotopic (exact) mass is 196 g/mol. The van der Waals surface area contributed by atoms with Crippen LogP contribution in [-0.4, -0.2) is 24.5 Å². The molecule has 2 fully saturated rings. The molecular weight excluding hydrogens is 176 g/mol. The Labute approximate surface area is 85.6 Å². The van der Waals surface area contributed by atoms with Crippen LogP contribution in [0.4, 0.5) is 0 Å². The molecule has 0 spiro atoms. The van der Waals surface area contributed by atoms with E-state index in [1.165, 1.54) is 19.3 Å². The van der Waals surface area contributed by atoms with Crippen molar-refractivity contribution in [3.8, 4) is 0 Å². The van der Waals surface area contributed by atoms with Crippen molar-refractivity contribution in [1.82, 2.24) is 10.6 Å². The highest BCUT2D eigenvalue weighted by molar-refractivity contribution is 5.78. The molecule has 1 aliphatic carbocycles. The third-order valence-corrected chi connectivity index (χ3v) is 3.63. The minimum Gasteiger partial charge on any atom is -0.352 e. The molecule has 1 saturated heterocycles. The van der Waals surface area contributed by atoms with E-state index >= 15 is 0 Å². The van der Waals surface area contributed by atoms with Gasteiger partial charge in [0.2, 0.25) is 5.91 Å². The summed E-state index contributed by atoms with van der Waals surface area (Å²) in [5.41, 5.74) is 0. The molecule has 1 saturated carbocycles. The van der Waals surface area contributed by atoms with E-state index in [-0.39, 0.29) is 5.91 Å². The van der Waals surface area contributed by atoms with Crippen molar-refractivity contribution in [2.24, 2.45) is 5.92 Å². The van der Waals surface area contributed by atoms with Crippen LogP contribution in [0.25, 0.3) is 0 Å². The van der Waals surface area contributed by atoms with Gasteiger partial charge in [0.15, 0.2) is 0 Å². The van der Waals surface area contributed by atoms with Gasteiger partial charge in [-0.1, -0.05) is 6.42 Å². The van der Waals surface area contributed by atoms with Crippen LogP contribution in [0.1, 0.15) is 39.0 Å². The second-order valence-corrected chi connectivity index (χ2v) is 4.69. The molecule has 0 bridgehead atoms. The fourth-order valence-corrected chi connectivity index (χ4v) is 2.27. The van der Waals surface area contributed by atoms with E-state index in [4.69, 9.17) is 0 Å². The Morgan fingerprint density at radius 3 is 2.79 bits per heavy atom. The van der Waals surface area contributed by atoms with Gasteiger partial charge in [-0.3, -0.25) is 4.79 Å². The van der Waals surface area contributed by atoms with Crippen LogP contribution in [0, 0.1) is 5.92 Å². The van der Waals surface area contributed by atoms with E-state index in [1.807, 2.05) is 0 Å². The molecular formula is C11H20N2O. The van der Waals surface area contributed by atoms with Gasteiger partial charge in [-0.05, 0) is 32.1 Å². The Bertz CT molecular complexity index is 213. The van der Waals surface area contributed by atoms with Crippen molar-refractivity contribution in [2.45, 2.75) is 51.1 Å². The summed E-state index contributed by atoms with van der Waals surface area (Å²) in [5, 5.41) is 6.52.